The Morgan fingerprint density at radius 2 is 1.57 bits per heavy atom. The predicted molar refractivity (Wildman–Crippen MR) is 83.9 cm³/mol. The minimum Gasteiger partial charge on any atom is -0.306 e. The Bertz CT molecular complexity index is 843. The molecule has 3 nitrogen and oxygen atoms in total. The van der Waals surface area contributed by atoms with Gasteiger partial charge in [0.2, 0.25) is 0 Å². The van der Waals surface area contributed by atoms with E-state index in [-0.39, 0.29) is 0 Å². The lowest BCUT2D eigenvalue weighted by Crippen LogP contribution is -1.84. The summed E-state index contributed by atoms with van der Waals surface area (Å²) in [7, 11) is 0. The zero-order chi connectivity index (χ0) is 14.1. The fourth-order valence-corrected chi connectivity index (χ4v) is 2.45. The predicted octanol–water partition coefficient (Wildman–Crippen LogP) is 4.06. The quantitative estimate of drug-likeness (QED) is 0.550. The van der Waals surface area contributed by atoms with Gasteiger partial charge < -0.3 is 4.40 Å². The lowest BCUT2D eigenvalue weighted by Gasteiger charge is -2.01. The van der Waals surface area contributed by atoms with Crippen molar-refractivity contribution in [1.82, 2.24) is 14.4 Å². The average Bonchev–Trinajstić information content (AvgIpc) is 2.99. The van der Waals surface area contributed by atoms with E-state index in [2.05, 4.69) is 35.4 Å². The van der Waals surface area contributed by atoms with Crippen molar-refractivity contribution in [2.45, 2.75) is 0 Å². The summed E-state index contributed by atoms with van der Waals surface area (Å²) in [5.74, 6) is 0. The number of hydrogen-bond donors (Lipinski definition) is 0. The molecule has 0 spiro atoms. The molecule has 0 atom stereocenters. The second kappa shape index (κ2) is 4.87. The molecule has 0 unspecified atom stereocenters. The van der Waals surface area contributed by atoms with Crippen molar-refractivity contribution in [1.29, 1.82) is 0 Å². The monoisotopic (exact) mass is 271 g/mol. The molecule has 1 aromatic carbocycles. The summed E-state index contributed by atoms with van der Waals surface area (Å²) in [5.41, 5.74) is 5.36. The molecule has 4 aromatic rings. The van der Waals surface area contributed by atoms with Crippen molar-refractivity contribution in [3.8, 4) is 22.4 Å². The third-order valence-electron chi connectivity index (χ3n) is 3.54. The van der Waals surface area contributed by atoms with Crippen molar-refractivity contribution in [3.63, 3.8) is 0 Å². The number of pyridine rings is 2. The zero-order valence-electron chi connectivity index (χ0n) is 11.3. The fraction of sp³-hybridized carbons (Fsp3) is 0. The summed E-state index contributed by atoms with van der Waals surface area (Å²) in [6.07, 6.45) is 7.66. The van der Waals surface area contributed by atoms with Gasteiger partial charge in [-0.25, -0.2) is 4.98 Å². The highest BCUT2D eigenvalue weighted by molar-refractivity contribution is 5.69. The third-order valence-corrected chi connectivity index (χ3v) is 3.54. The van der Waals surface area contributed by atoms with Crippen LogP contribution in [0.4, 0.5) is 0 Å². The minimum atomic E-state index is 0.947. The van der Waals surface area contributed by atoms with E-state index in [9.17, 15) is 0 Å². The molecule has 0 amide bonds. The molecule has 21 heavy (non-hydrogen) atoms. The van der Waals surface area contributed by atoms with Crippen LogP contribution >= 0.6 is 0 Å². The van der Waals surface area contributed by atoms with E-state index in [1.54, 1.807) is 12.4 Å². The van der Waals surface area contributed by atoms with Crippen LogP contribution in [0.3, 0.4) is 0 Å². The summed E-state index contributed by atoms with van der Waals surface area (Å²) in [6, 6.07) is 18.5. The number of aromatic nitrogens is 3. The van der Waals surface area contributed by atoms with Gasteiger partial charge in [-0.2, -0.15) is 0 Å². The lowest BCUT2D eigenvalue weighted by atomic mass is 10.1. The van der Waals surface area contributed by atoms with Gasteiger partial charge in [0, 0.05) is 30.4 Å². The number of fused-ring (bicyclic) bond motifs is 1. The Morgan fingerprint density at radius 3 is 2.38 bits per heavy atom. The summed E-state index contributed by atoms with van der Waals surface area (Å²) in [6.45, 7) is 0. The van der Waals surface area contributed by atoms with Gasteiger partial charge in [0.05, 0.1) is 5.69 Å². The van der Waals surface area contributed by atoms with E-state index in [0.29, 0.717) is 0 Å². The van der Waals surface area contributed by atoms with Crippen LogP contribution in [-0.2, 0) is 0 Å². The number of hydrogen-bond acceptors (Lipinski definition) is 2. The van der Waals surface area contributed by atoms with Crippen molar-refractivity contribution in [2.75, 3.05) is 0 Å². The van der Waals surface area contributed by atoms with Crippen LogP contribution in [0.2, 0.25) is 0 Å². The maximum atomic E-state index is 4.70. The first-order valence-corrected chi connectivity index (χ1v) is 6.85. The van der Waals surface area contributed by atoms with E-state index in [4.69, 9.17) is 4.98 Å². The zero-order valence-corrected chi connectivity index (χ0v) is 11.3. The topological polar surface area (TPSA) is 30.2 Å². The van der Waals surface area contributed by atoms with E-state index < -0.39 is 0 Å². The van der Waals surface area contributed by atoms with Crippen molar-refractivity contribution in [2.24, 2.45) is 0 Å². The Labute approximate surface area is 122 Å². The second-order valence-electron chi connectivity index (χ2n) is 4.91. The van der Waals surface area contributed by atoms with Gasteiger partial charge in [-0.1, -0.05) is 30.3 Å². The third kappa shape index (κ3) is 2.19. The summed E-state index contributed by atoms with van der Waals surface area (Å²) >= 11 is 0. The highest BCUT2D eigenvalue weighted by Gasteiger charge is 2.05. The molecular formula is C18H13N3. The Balaban J connectivity index is 1.82. The van der Waals surface area contributed by atoms with Crippen molar-refractivity contribution >= 4 is 5.65 Å². The maximum Gasteiger partial charge on any atom is 0.138 e. The molecule has 3 heteroatoms. The van der Waals surface area contributed by atoms with Crippen LogP contribution in [0.15, 0.2) is 79.4 Å². The second-order valence-corrected chi connectivity index (χ2v) is 4.91. The fourth-order valence-electron chi connectivity index (χ4n) is 2.45. The van der Waals surface area contributed by atoms with Crippen LogP contribution in [0.5, 0.6) is 0 Å². The molecule has 100 valence electrons. The number of rotatable bonds is 2. The van der Waals surface area contributed by atoms with Gasteiger partial charge in [0.1, 0.15) is 5.65 Å². The largest absolute Gasteiger partial charge is 0.306 e. The molecule has 0 aliphatic carbocycles. The van der Waals surface area contributed by atoms with Gasteiger partial charge >= 0.3 is 0 Å². The highest BCUT2D eigenvalue weighted by Crippen LogP contribution is 2.23. The average molecular weight is 271 g/mol. The Kier molecular flexibility index (Phi) is 2.75. The molecule has 3 heterocycles. The van der Waals surface area contributed by atoms with Crippen LogP contribution in [0.25, 0.3) is 28.0 Å². The van der Waals surface area contributed by atoms with Crippen LogP contribution in [0.1, 0.15) is 0 Å². The number of nitrogens with zero attached hydrogens (tertiary/aromatic N) is 3. The minimum absolute atomic E-state index is 0.947. The van der Waals surface area contributed by atoms with Gasteiger partial charge in [0.15, 0.2) is 0 Å². The normalized spacial score (nSPS) is 10.9. The highest BCUT2D eigenvalue weighted by atomic mass is 15.0. The first kappa shape index (κ1) is 11.9. The number of imidazole rings is 1. The van der Waals surface area contributed by atoms with E-state index in [1.165, 1.54) is 11.1 Å². The van der Waals surface area contributed by atoms with Crippen molar-refractivity contribution < 1.29 is 0 Å². The molecule has 0 saturated carbocycles. The van der Waals surface area contributed by atoms with Gasteiger partial charge in [-0.3, -0.25) is 4.98 Å². The summed E-state index contributed by atoms with van der Waals surface area (Å²) in [5, 5.41) is 0. The van der Waals surface area contributed by atoms with Gasteiger partial charge in [-0.05, 0) is 35.4 Å². The van der Waals surface area contributed by atoms with E-state index in [0.717, 1.165) is 16.9 Å². The molecule has 0 aliphatic heterocycles. The molecule has 0 aliphatic rings. The first-order chi connectivity index (χ1) is 10.4. The summed E-state index contributed by atoms with van der Waals surface area (Å²) < 4.78 is 2.04. The molecule has 3 aromatic heterocycles. The lowest BCUT2D eigenvalue weighted by molar-refractivity contribution is 1.19. The van der Waals surface area contributed by atoms with Crippen LogP contribution in [0, 0.1) is 0 Å². The Hall–Kier alpha value is -2.94. The number of benzene rings is 1. The molecule has 0 bridgehead atoms. The molecular weight excluding hydrogens is 258 g/mol. The van der Waals surface area contributed by atoms with Gasteiger partial charge in [0.25, 0.3) is 0 Å². The Morgan fingerprint density at radius 1 is 0.762 bits per heavy atom. The summed E-state index contributed by atoms with van der Waals surface area (Å²) in [4.78, 5) is 8.75. The smallest absolute Gasteiger partial charge is 0.138 e. The SMILES string of the molecule is c1ccc(-c2ccn3cc(-c4ccncc4)nc3c2)cc1. The molecule has 4 rings (SSSR count). The van der Waals surface area contributed by atoms with E-state index in [1.807, 2.05) is 40.9 Å². The standard InChI is InChI=1S/C18H13N3/c1-2-4-14(5-3-1)16-8-11-21-13-17(20-18(21)12-16)15-6-9-19-10-7-15/h1-13H. The van der Waals surface area contributed by atoms with Crippen molar-refractivity contribution in [3.05, 3.63) is 79.4 Å². The van der Waals surface area contributed by atoms with Crippen LogP contribution < -0.4 is 0 Å². The molecule has 0 fully saturated rings. The van der Waals surface area contributed by atoms with Gasteiger partial charge in [-0.15, -0.1) is 0 Å². The molecule has 0 N–H and O–H groups in total. The first-order valence-electron chi connectivity index (χ1n) is 6.85. The maximum absolute atomic E-state index is 4.70. The molecule has 0 radical (unpaired) electrons. The molecule has 0 saturated heterocycles. The van der Waals surface area contributed by atoms with Crippen LogP contribution in [-0.4, -0.2) is 14.4 Å². The van der Waals surface area contributed by atoms with E-state index >= 15 is 0 Å².